The minimum atomic E-state index is 0.0261. The SMILES string of the molecule is CC(=O)c1cccc(OCCCC(=O)N[C@H]2CCN3CCCC[C@H]23)c1. The van der Waals surface area contributed by atoms with Crippen LogP contribution >= 0.6 is 0 Å². The Balaban J connectivity index is 1.37. The lowest BCUT2D eigenvalue weighted by Crippen LogP contribution is -2.46. The Kier molecular flexibility index (Phi) is 6.08. The standard InChI is InChI=1S/C20H28N2O3/c1-15(23)16-6-4-7-17(14-16)25-13-5-9-20(24)21-18-10-12-22-11-3-2-8-19(18)22/h4,6-7,14,18-19H,2-3,5,8-13H2,1H3,(H,21,24)/t18-,19+/m0/s1. The predicted molar refractivity (Wildman–Crippen MR) is 96.9 cm³/mol. The zero-order chi connectivity index (χ0) is 17.6. The fraction of sp³-hybridized carbons (Fsp3) is 0.600. The quantitative estimate of drug-likeness (QED) is 0.610. The third-order valence-corrected chi connectivity index (χ3v) is 5.26. The van der Waals surface area contributed by atoms with E-state index in [1.165, 1.54) is 25.8 Å². The average molecular weight is 344 g/mol. The Bertz CT molecular complexity index is 617. The summed E-state index contributed by atoms with van der Waals surface area (Å²) >= 11 is 0. The molecular formula is C20H28N2O3. The lowest BCUT2D eigenvalue weighted by atomic mass is 9.99. The number of ketones is 1. The minimum absolute atomic E-state index is 0.0261. The molecule has 1 N–H and O–H groups in total. The molecule has 1 aromatic rings. The second kappa shape index (κ2) is 8.48. The van der Waals surface area contributed by atoms with E-state index >= 15 is 0 Å². The molecule has 0 bridgehead atoms. The molecule has 0 unspecified atom stereocenters. The molecule has 5 heteroatoms. The van der Waals surface area contributed by atoms with Crippen molar-refractivity contribution in [2.75, 3.05) is 19.7 Å². The van der Waals surface area contributed by atoms with E-state index in [1.807, 2.05) is 12.1 Å². The number of carbonyl (C=O) groups is 2. The van der Waals surface area contributed by atoms with Crippen LogP contribution in [0.4, 0.5) is 0 Å². The van der Waals surface area contributed by atoms with Gasteiger partial charge in [-0.15, -0.1) is 0 Å². The molecule has 0 radical (unpaired) electrons. The highest BCUT2D eigenvalue weighted by Gasteiger charge is 2.35. The van der Waals surface area contributed by atoms with Gasteiger partial charge in [-0.2, -0.15) is 0 Å². The highest BCUT2D eigenvalue weighted by molar-refractivity contribution is 5.94. The van der Waals surface area contributed by atoms with Crippen LogP contribution < -0.4 is 10.1 Å². The maximum absolute atomic E-state index is 12.2. The monoisotopic (exact) mass is 344 g/mol. The van der Waals surface area contributed by atoms with Crippen molar-refractivity contribution in [3.63, 3.8) is 0 Å². The van der Waals surface area contributed by atoms with Gasteiger partial charge >= 0.3 is 0 Å². The van der Waals surface area contributed by atoms with Crippen LogP contribution in [0.2, 0.25) is 0 Å². The Morgan fingerprint density at radius 2 is 2.12 bits per heavy atom. The summed E-state index contributed by atoms with van der Waals surface area (Å²) in [5, 5.41) is 3.22. The summed E-state index contributed by atoms with van der Waals surface area (Å²) in [7, 11) is 0. The summed E-state index contributed by atoms with van der Waals surface area (Å²) in [5.41, 5.74) is 0.647. The van der Waals surface area contributed by atoms with E-state index in [1.54, 1.807) is 19.1 Å². The number of nitrogens with one attached hydrogen (secondary N) is 1. The van der Waals surface area contributed by atoms with Gasteiger partial charge in [0.25, 0.3) is 0 Å². The number of nitrogens with zero attached hydrogens (tertiary/aromatic N) is 1. The fourth-order valence-electron chi connectivity index (χ4n) is 3.92. The van der Waals surface area contributed by atoms with Crippen molar-refractivity contribution in [3.8, 4) is 5.75 Å². The molecule has 2 aliphatic rings. The maximum Gasteiger partial charge on any atom is 0.220 e. The van der Waals surface area contributed by atoms with Crippen LogP contribution in [-0.2, 0) is 4.79 Å². The van der Waals surface area contributed by atoms with Crippen LogP contribution in [0.3, 0.4) is 0 Å². The summed E-state index contributed by atoms with van der Waals surface area (Å²) in [6.45, 7) is 4.32. The highest BCUT2D eigenvalue weighted by atomic mass is 16.5. The number of Topliss-reactive ketones (excluding diaryl/α,β-unsaturated/α-hetero) is 1. The van der Waals surface area contributed by atoms with Crippen LogP contribution in [0.1, 0.15) is 55.8 Å². The Hall–Kier alpha value is -1.88. The van der Waals surface area contributed by atoms with E-state index < -0.39 is 0 Å². The van der Waals surface area contributed by atoms with Gasteiger partial charge in [0.1, 0.15) is 5.75 Å². The van der Waals surface area contributed by atoms with Crippen LogP contribution in [0.15, 0.2) is 24.3 Å². The van der Waals surface area contributed by atoms with Gasteiger partial charge in [-0.3, -0.25) is 14.5 Å². The van der Waals surface area contributed by atoms with Crippen LogP contribution in [0.25, 0.3) is 0 Å². The molecule has 25 heavy (non-hydrogen) atoms. The van der Waals surface area contributed by atoms with Gasteiger partial charge in [0.2, 0.25) is 5.91 Å². The molecule has 0 saturated carbocycles. The molecule has 0 spiro atoms. The van der Waals surface area contributed by atoms with Gasteiger partial charge in [0, 0.05) is 30.6 Å². The highest BCUT2D eigenvalue weighted by Crippen LogP contribution is 2.27. The van der Waals surface area contributed by atoms with Crippen LogP contribution in [0, 0.1) is 0 Å². The third kappa shape index (κ3) is 4.82. The molecule has 2 fully saturated rings. The molecular weight excluding hydrogens is 316 g/mol. The molecule has 3 rings (SSSR count). The lowest BCUT2D eigenvalue weighted by Gasteiger charge is -2.32. The number of piperidine rings is 1. The molecule has 1 amide bonds. The first-order valence-corrected chi connectivity index (χ1v) is 9.41. The van der Waals surface area contributed by atoms with Crippen molar-refractivity contribution in [3.05, 3.63) is 29.8 Å². The number of hydrogen-bond acceptors (Lipinski definition) is 4. The van der Waals surface area contributed by atoms with E-state index in [-0.39, 0.29) is 11.7 Å². The van der Waals surface area contributed by atoms with Crippen LogP contribution in [-0.4, -0.2) is 48.4 Å². The number of amides is 1. The van der Waals surface area contributed by atoms with Gasteiger partial charge < -0.3 is 10.1 Å². The summed E-state index contributed by atoms with van der Waals surface area (Å²) < 4.78 is 5.66. The number of carbonyl (C=O) groups excluding carboxylic acids is 2. The van der Waals surface area contributed by atoms with Gasteiger partial charge in [-0.25, -0.2) is 0 Å². The fourth-order valence-corrected chi connectivity index (χ4v) is 3.92. The van der Waals surface area contributed by atoms with Gasteiger partial charge in [-0.1, -0.05) is 18.6 Å². The summed E-state index contributed by atoms with van der Waals surface area (Å²) in [6.07, 6.45) is 6.01. The molecule has 2 atom stereocenters. The number of ether oxygens (including phenoxy) is 1. The summed E-state index contributed by atoms with van der Waals surface area (Å²) in [5.74, 6) is 0.832. The zero-order valence-corrected chi connectivity index (χ0v) is 15.0. The molecule has 2 saturated heterocycles. The number of fused-ring (bicyclic) bond motifs is 1. The van der Waals surface area contributed by atoms with Crippen molar-refractivity contribution >= 4 is 11.7 Å². The van der Waals surface area contributed by atoms with E-state index in [9.17, 15) is 9.59 Å². The Labute approximate surface area is 149 Å². The zero-order valence-electron chi connectivity index (χ0n) is 15.0. The number of hydrogen-bond donors (Lipinski definition) is 1. The largest absolute Gasteiger partial charge is 0.494 e. The normalized spacial score (nSPS) is 23.1. The molecule has 5 nitrogen and oxygen atoms in total. The molecule has 2 heterocycles. The first kappa shape index (κ1) is 17.9. The average Bonchev–Trinajstić information content (AvgIpc) is 3.02. The van der Waals surface area contributed by atoms with Gasteiger partial charge in [0.05, 0.1) is 6.61 Å². The van der Waals surface area contributed by atoms with E-state index in [2.05, 4.69) is 10.2 Å². The van der Waals surface area contributed by atoms with Crippen molar-refractivity contribution < 1.29 is 14.3 Å². The number of rotatable bonds is 7. The van der Waals surface area contributed by atoms with Gasteiger partial charge in [-0.05, 0) is 51.3 Å². The second-order valence-corrected chi connectivity index (χ2v) is 7.10. The number of benzene rings is 1. The van der Waals surface area contributed by atoms with Crippen molar-refractivity contribution in [1.29, 1.82) is 0 Å². The van der Waals surface area contributed by atoms with Crippen molar-refractivity contribution in [2.24, 2.45) is 0 Å². The topological polar surface area (TPSA) is 58.6 Å². The van der Waals surface area contributed by atoms with Crippen LogP contribution in [0.5, 0.6) is 5.75 Å². The smallest absolute Gasteiger partial charge is 0.220 e. The Morgan fingerprint density at radius 3 is 2.96 bits per heavy atom. The Morgan fingerprint density at radius 1 is 1.24 bits per heavy atom. The molecule has 2 aliphatic heterocycles. The first-order chi connectivity index (χ1) is 12.1. The first-order valence-electron chi connectivity index (χ1n) is 9.41. The van der Waals surface area contributed by atoms with Gasteiger partial charge in [0.15, 0.2) is 5.78 Å². The van der Waals surface area contributed by atoms with Crippen molar-refractivity contribution in [1.82, 2.24) is 10.2 Å². The van der Waals surface area contributed by atoms with E-state index in [0.717, 1.165) is 13.0 Å². The lowest BCUT2D eigenvalue weighted by molar-refractivity contribution is -0.122. The summed E-state index contributed by atoms with van der Waals surface area (Å²) in [6, 6.07) is 8.04. The molecule has 1 aromatic carbocycles. The van der Waals surface area contributed by atoms with E-state index in [0.29, 0.717) is 42.8 Å². The van der Waals surface area contributed by atoms with Crippen molar-refractivity contribution in [2.45, 2.75) is 57.5 Å². The molecule has 136 valence electrons. The third-order valence-electron chi connectivity index (χ3n) is 5.26. The predicted octanol–water partition coefficient (Wildman–Crippen LogP) is 2.79. The summed E-state index contributed by atoms with van der Waals surface area (Å²) in [4.78, 5) is 26.1. The van der Waals surface area contributed by atoms with E-state index in [4.69, 9.17) is 4.74 Å². The molecule has 0 aromatic heterocycles. The second-order valence-electron chi connectivity index (χ2n) is 7.10. The maximum atomic E-state index is 12.2. The minimum Gasteiger partial charge on any atom is -0.494 e. The molecule has 0 aliphatic carbocycles.